The molecule has 5 heteroatoms. The topological polar surface area (TPSA) is 34.2 Å². The Balaban J connectivity index is 2.17. The van der Waals surface area contributed by atoms with Gasteiger partial charge in [0, 0.05) is 0 Å². The van der Waals surface area contributed by atoms with Gasteiger partial charge in [0.1, 0.15) is 11.5 Å². The van der Waals surface area contributed by atoms with Gasteiger partial charge < -0.3 is 14.2 Å². The zero-order valence-electron chi connectivity index (χ0n) is 13.4. The van der Waals surface area contributed by atoms with E-state index in [1.54, 1.807) is 0 Å². The zero-order chi connectivity index (χ0) is 15.2. The molecule has 0 aliphatic carbocycles. The normalized spacial score (nSPS) is 22.8. The highest BCUT2D eigenvalue weighted by molar-refractivity contribution is 5.31. The molecule has 21 heavy (non-hydrogen) atoms. The van der Waals surface area contributed by atoms with E-state index >= 15 is 0 Å². The van der Waals surface area contributed by atoms with Crippen LogP contribution in [-0.4, -0.2) is 62.7 Å². The first kappa shape index (κ1) is 16.1. The van der Waals surface area contributed by atoms with Crippen molar-refractivity contribution in [2.75, 3.05) is 40.4 Å². The van der Waals surface area contributed by atoms with Crippen LogP contribution in [-0.2, 0) is 4.74 Å². The van der Waals surface area contributed by atoms with Gasteiger partial charge in [-0.15, -0.1) is 0 Å². The Morgan fingerprint density at radius 3 is 1.57 bits per heavy atom. The molecule has 0 spiro atoms. The summed E-state index contributed by atoms with van der Waals surface area (Å²) >= 11 is 0. The fourth-order valence-corrected chi connectivity index (χ4v) is 2.09. The maximum Gasteiger partial charge on any atom is 0.175 e. The SMILES string of the molecule is CCN(C)C1COCC(N(C)CC)Oc2ccc(cc2)O1. The Labute approximate surface area is 127 Å². The highest BCUT2D eigenvalue weighted by Gasteiger charge is 2.21. The summed E-state index contributed by atoms with van der Waals surface area (Å²) in [7, 11) is 4.07. The number of likely N-dealkylation sites (N-methyl/N-ethyl adjacent to an activating group) is 2. The van der Waals surface area contributed by atoms with Gasteiger partial charge in [-0.05, 0) is 51.5 Å². The van der Waals surface area contributed by atoms with Gasteiger partial charge in [0.2, 0.25) is 0 Å². The standard InChI is InChI=1S/C16H26N2O3/c1-5-17(3)15-11-19-12-16(18(4)6-2)21-14-9-7-13(20-15)8-10-14/h7-10,15-16H,5-6,11-12H2,1-4H3. The van der Waals surface area contributed by atoms with Crippen LogP contribution in [0.1, 0.15) is 13.8 Å². The van der Waals surface area contributed by atoms with Crippen LogP contribution in [0.2, 0.25) is 0 Å². The van der Waals surface area contributed by atoms with Gasteiger partial charge >= 0.3 is 0 Å². The van der Waals surface area contributed by atoms with Gasteiger partial charge in [-0.25, -0.2) is 0 Å². The first-order valence-corrected chi connectivity index (χ1v) is 7.55. The van der Waals surface area contributed by atoms with Crippen molar-refractivity contribution in [1.29, 1.82) is 0 Å². The lowest BCUT2D eigenvalue weighted by molar-refractivity contribution is -0.0719. The Morgan fingerprint density at radius 2 is 1.24 bits per heavy atom. The lowest BCUT2D eigenvalue weighted by atomic mass is 10.3. The third kappa shape index (κ3) is 4.33. The smallest absolute Gasteiger partial charge is 0.175 e. The van der Waals surface area contributed by atoms with Crippen LogP contribution >= 0.6 is 0 Å². The van der Waals surface area contributed by atoms with Gasteiger partial charge in [-0.2, -0.15) is 0 Å². The van der Waals surface area contributed by atoms with E-state index in [0.29, 0.717) is 13.2 Å². The fraction of sp³-hybridized carbons (Fsp3) is 0.625. The second-order valence-corrected chi connectivity index (χ2v) is 5.30. The fourth-order valence-electron chi connectivity index (χ4n) is 2.09. The molecule has 0 fully saturated rings. The first-order chi connectivity index (χ1) is 10.1. The molecule has 5 nitrogen and oxygen atoms in total. The van der Waals surface area contributed by atoms with Crippen molar-refractivity contribution in [3.63, 3.8) is 0 Å². The summed E-state index contributed by atoms with van der Waals surface area (Å²) in [5.41, 5.74) is 0. The maximum absolute atomic E-state index is 6.01. The van der Waals surface area contributed by atoms with Gasteiger partial charge in [0.15, 0.2) is 12.5 Å². The predicted molar refractivity (Wildman–Crippen MR) is 82.7 cm³/mol. The summed E-state index contributed by atoms with van der Waals surface area (Å²) in [4.78, 5) is 4.26. The van der Waals surface area contributed by atoms with E-state index in [1.807, 2.05) is 38.4 Å². The lowest BCUT2D eigenvalue weighted by Crippen LogP contribution is -2.43. The highest BCUT2D eigenvalue weighted by Crippen LogP contribution is 2.22. The summed E-state index contributed by atoms with van der Waals surface area (Å²) in [5.74, 6) is 1.66. The largest absolute Gasteiger partial charge is 0.473 e. The first-order valence-electron chi connectivity index (χ1n) is 7.55. The van der Waals surface area contributed by atoms with Crippen molar-refractivity contribution < 1.29 is 14.2 Å². The molecule has 2 heterocycles. The Hall–Kier alpha value is -1.30. The van der Waals surface area contributed by atoms with Crippen LogP contribution in [0.5, 0.6) is 11.5 Å². The minimum Gasteiger partial charge on any atom is -0.473 e. The van der Waals surface area contributed by atoms with E-state index in [4.69, 9.17) is 14.2 Å². The predicted octanol–water partition coefficient (Wildman–Crippen LogP) is 2.03. The number of nitrogens with zero attached hydrogens (tertiary/aromatic N) is 2. The third-order valence-corrected chi connectivity index (χ3v) is 3.87. The van der Waals surface area contributed by atoms with Gasteiger partial charge in [0.25, 0.3) is 0 Å². The quantitative estimate of drug-likeness (QED) is 0.794. The zero-order valence-corrected chi connectivity index (χ0v) is 13.4. The summed E-state index contributed by atoms with van der Waals surface area (Å²) in [5, 5.41) is 0. The van der Waals surface area contributed by atoms with Crippen molar-refractivity contribution in [1.82, 2.24) is 9.80 Å². The molecule has 2 atom stereocenters. The molecule has 0 amide bonds. The molecule has 3 rings (SSSR count). The molecule has 0 aromatic heterocycles. The van der Waals surface area contributed by atoms with E-state index in [0.717, 1.165) is 24.6 Å². The molecular formula is C16H26N2O3. The molecule has 118 valence electrons. The van der Waals surface area contributed by atoms with Crippen LogP contribution in [0.25, 0.3) is 0 Å². The van der Waals surface area contributed by atoms with Crippen LogP contribution < -0.4 is 9.47 Å². The Kier molecular flexibility index (Phi) is 5.85. The molecule has 1 aromatic carbocycles. The summed E-state index contributed by atoms with van der Waals surface area (Å²) in [6.07, 6.45) is -0.182. The lowest BCUT2D eigenvalue weighted by Gasteiger charge is -2.29. The Bertz CT molecular complexity index is 385. The summed E-state index contributed by atoms with van der Waals surface area (Å²) in [6.45, 7) is 7.05. The van der Waals surface area contributed by atoms with Crippen molar-refractivity contribution in [2.45, 2.75) is 26.3 Å². The average Bonchev–Trinajstić information content (AvgIpc) is 2.58. The molecule has 2 bridgehead atoms. The minimum atomic E-state index is -0.0912. The Morgan fingerprint density at radius 1 is 0.857 bits per heavy atom. The van der Waals surface area contributed by atoms with Crippen molar-refractivity contribution >= 4 is 0 Å². The number of fused-ring (bicyclic) bond motifs is 8. The van der Waals surface area contributed by atoms with E-state index in [2.05, 4.69) is 23.6 Å². The molecule has 2 unspecified atom stereocenters. The van der Waals surface area contributed by atoms with Crippen molar-refractivity contribution in [3.8, 4) is 11.5 Å². The second kappa shape index (κ2) is 7.64. The number of rotatable bonds is 4. The second-order valence-electron chi connectivity index (χ2n) is 5.30. The highest BCUT2D eigenvalue weighted by atomic mass is 16.6. The van der Waals surface area contributed by atoms with Gasteiger partial charge in [-0.1, -0.05) is 13.8 Å². The molecule has 0 saturated heterocycles. The summed E-state index contributed by atoms with van der Waals surface area (Å²) < 4.78 is 17.9. The third-order valence-electron chi connectivity index (χ3n) is 3.87. The van der Waals surface area contributed by atoms with E-state index in [9.17, 15) is 0 Å². The monoisotopic (exact) mass is 294 g/mol. The average molecular weight is 294 g/mol. The molecular weight excluding hydrogens is 268 g/mol. The van der Waals surface area contributed by atoms with Crippen LogP contribution in [0.15, 0.2) is 24.3 Å². The van der Waals surface area contributed by atoms with Gasteiger partial charge in [-0.3, -0.25) is 9.80 Å². The number of hydrogen-bond donors (Lipinski definition) is 0. The van der Waals surface area contributed by atoms with Gasteiger partial charge in [0.05, 0.1) is 13.2 Å². The van der Waals surface area contributed by atoms with E-state index in [1.165, 1.54) is 0 Å². The minimum absolute atomic E-state index is 0.0912. The molecule has 2 aliphatic heterocycles. The molecule has 0 saturated carbocycles. The molecule has 2 aliphatic rings. The molecule has 1 aromatic rings. The number of ether oxygens (including phenoxy) is 3. The number of benzene rings is 1. The van der Waals surface area contributed by atoms with Crippen molar-refractivity contribution in [2.24, 2.45) is 0 Å². The van der Waals surface area contributed by atoms with Crippen LogP contribution in [0, 0.1) is 0 Å². The van der Waals surface area contributed by atoms with Crippen LogP contribution in [0.4, 0.5) is 0 Å². The number of hydrogen-bond acceptors (Lipinski definition) is 5. The van der Waals surface area contributed by atoms with E-state index < -0.39 is 0 Å². The molecule has 0 N–H and O–H groups in total. The van der Waals surface area contributed by atoms with Crippen LogP contribution in [0.3, 0.4) is 0 Å². The van der Waals surface area contributed by atoms with E-state index in [-0.39, 0.29) is 12.5 Å². The van der Waals surface area contributed by atoms with Crippen molar-refractivity contribution in [3.05, 3.63) is 24.3 Å². The molecule has 0 radical (unpaired) electrons. The summed E-state index contributed by atoms with van der Waals surface area (Å²) in [6, 6.07) is 7.78. The maximum atomic E-state index is 6.01.